The summed E-state index contributed by atoms with van der Waals surface area (Å²) in [5, 5.41) is 4.83. The Morgan fingerprint density at radius 1 is 1.76 bits per heavy atom. The first kappa shape index (κ1) is 12.3. The molecule has 1 aliphatic heterocycles. The number of carbonyl (C=O) groups excluding carboxylic acids is 1. The maximum Gasteiger partial charge on any atom is 0.263 e. The average Bonchev–Trinajstić information content (AvgIpc) is 2.94. The molecule has 2 heterocycles. The number of hydrazine groups is 1. The standard InChI is InChI=1S/C9H15N5O2S/c1-14-9(11-5-12-14)17-4-6-2-3-7(16-6)8(15)13-10/h5-7H,2-4,10H2,1H3,(H,13,15). The number of rotatable bonds is 4. The quantitative estimate of drug-likeness (QED) is 0.325. The Kier molecular flexibility index (Phi) is 3.97. The zero-order valence-corrected chi connectivity index (χ0v) is 10.3. The molecule has 94 valence electrons. The number of aromatic nitrogens is 3. The molecule has 2 unspecified atom stereocenters. The Balaban J connectivity index is 1.79. The van der Waals surface area contributed by atoms with Gasteiger partial charge in [-0.1, -0.05) is 11.8 Å². The maximum atomic E-state index is 11.3. The number of hydrogen-bond acceptors (Lipinski definition) is 6. The van der Waals surface area contributed by atoms with Gasteiger partial charge in [0.1, 0.15) is 12.4 Å². The van der Waals surface area contributed by atoms with Gasteiger partial charge in [0, 0.05) is 12.8 Å². The van der Waals surface area contributed by atoms with Gasteiger partial charge < -0.3 is 4.74 Å². The second-order valence-corrected chi connectivity index (χ2v) is 4.80. The van der Waals surface area contributed by atoms with Crippen LogP contribution in [0.3, 0.4) is 0 Å². The summed E-state index contributed by atoms with van der Waals surface area (Å²) in [6.45, 7) is 0. The van der Waals surface area contributed by atoms with E-state index in [1.165, 1.54) is 6.33 Å². The highest BCUT2D eigenvalue weighted by molar-refractivity contribution is 7.99. The van der Waals surface area contributed by atoms with Crippen molar-refractivity contribution in [3.05, 3.63) is 6.33 Å². The molecule has 0 aliphatic carbocycles. The van der Waals surface area contributed by atoms with E-state index < -0.39 is 6.10 Å². The molecule has 8 heteroatoms. The molecule has 17 heavy (non-hydrogen) atoms. The van der Waals surface area contributed by atoms with Crippen LogP contribution in [0.1, 0.15) is 12.8 Å². The van der Waals surface area contributed by atoms with Crippen molar-refractivity contribution in [1.29, 1.82) is 0 Å². The van der Waals surface area contributed by atoms with E-state index in [9.17, 15) is 4.79 Å². The van der Waals surface area contributed by atoms with Crippen molar-refractivity contribution in [2.45, 2.75) is 30.2 Å². The lowest BCUT2D eigenvalue weighted by atomic mass is 10.2. The van der Waals surface area contributed by atoms with Gasteiger partial charge in [-0.3, -0.25) is 10.2 Å². The summed E-state index contributed by atoms with van der Waals surface area (Å²) in [6.07, 6.45) is 2.75. The van der Waals surface area contributed by atoms with Gasteiger partial charge in [-0.15, -0.1) is 0 Å². The third-order valence-electron chi connectivity index (χ3n) is 2.61. The van der Waals surface area contributed by atoms with Crippen molar-refractivity contribution < 1.29 is 9.53 Å². The Morgan fingerprint density at radius 2 is 2.59 bits per heavy atom. The molecule has 2 atom stereocenters. The largest absolute Gasteiger partial charge is 0.364 e. The average molecular weight is 257 g/mol. The number of thioether (sulfide) groups is 1. The van der Waals surface area contributed by atoms with E-state index in [1.807, 2.05) is 7.05 Å². The number of ether oxygens (including phenoxy) is 1. The highest BCUT2D eigenvalue weighted by atomic mass is 32.2. The summed E-state index contributed by atoms with van der Waals surface area (Å²) >= 11 is 1.57. The van der Waals surface area contributed by atoms with Gasteiger partial charge in [-0.05, 0) is 12.8 Å². The predicted molar refractivity (Wildman–Crippen MR) is 62.0 cm³/mol. The van der Waals surface area contributed by atoms with Crippen molar-refractivity contribution in [1.82, 2.24) is 20.2 Å². The molecule has 1 fully saturated rings. The van der Waals surface area contributed by atoms with E-state index in [1.54, 1.807) is 16.4 Å². The Morgan fingerprint density at radius 3 is 3.24 bits per heavy atom. The van der Waals surface area contributed by atoms with Gasteiger partial charge >= 0.3 is 0 Å². The summed E-state index contributed by atoms with van der Waals surface area (Å²) in [5.74, 6) is 5.57. The highest BCUT2D eigenvalue weighted by Gasteiger charge is 2.30. The lowest BCUT2D eigenvalue weighted by Gasteiger charge is -2.11. The van der Waals surface area contributed by atoms with Crippen LogP contribution in [0.2, 0.25) is 0 Å². The number of nitrogens with zero attached hydrogens (tertiary/aromatic N) is 3. The molecule has 0 saturated carbocycles. The molecule has 2 rings (SSSR count). The fourth-order valence-corrected chi connectivity index (χ4v) is 2.63. The van der Waals surface area contributed by atoms with Crippen molar-refractivity contribution in [2.75, 3.05) is 5.75 Å². The number of aryl methyl sites for hydroxylation is 1. The van der Waals surface area contributed by atoms with E-state index in [2.05, 4.69) is 15.5 Å². The number of nitrogens with two attached hydrogens (primary N) is 1. The second-order valence-electron chi connectivity index (χ2n) is 3.81. The van der Waals surface area contributed by atoms with Crippen molar-refractivity contribution in [2.24, 2.45) is 12.9 Å². The third-order valence-corrected chi connectivity index (χ3v) is 3.78. The molecule has 0 aromatic carbocycles. The minimum absolute atomic E-state index is 0.0685. The summed E-state index contributed by atoms with van der Waals surface area (Å²) < 4.78 is 7.29. The minimum atomic E-state index is -0.412. The summed E-state index contributed by atoms with van der Waals surface area (Å²) in [6, 6.07) is 0. The monoisotopic (exact) mass is 257 g/mol. The fraction of sp³-hybridized carbons (Fsp3) is 0.667. The zero-order chi connectivity index (χ0) is 12.3. The normalized spacial score (nSPS) is 23.9. The first-order valence-corrected chi connectivity index (χ1v) is 6.32. The van der Waals surface area contributed by atoms with Crippen molar-refractivity contribution >= 4 is 17.7 Å². The molecule has 0 spiro atoms. The van der Waals surface area contributed by atoms with Crippen LogP contribution in [0.15, 0.2) is 11.5 Å². The van der Waals surface area contributed by atoms with Crippen LogP contribution in [0.25, 0.3) is 0 Å². The molecule has 1 aromatic heterocycles. The number of hydrogen-bond donors (Lipinski definition) is 2. The van der Waals surface area contributed by atoms with Gasteiger partial charge in [0.05, 0.1) is 6.10 Å². The predicted octanol–water partition coefficient (Wildman–Crippen LogP) is -0.555. The number of nitrogens with one attached hydrogen (secondary N) is 1. The number of carbonyl (C=O) groups is 1. The van der Waals surface area contributed by atoms with Gasteiger partial charge in [-0.25, -0.2) is 15.5 Å². The van der Waals surface area contributed by atoms with E-state index in [-0.39, 0.29) is 12.0 Å². The van der Waals surface area contributed by atoms with Crippen LogP contribution in [0.5, 0.6) is 0 Å². The topological polar surface area (TPSA) is 95.1 Å². The summed E-state index contributed by atoms with van der Waals surface area (Å²) in [5.41, 5.74) is 2.11. The van der Waals surface area contributed by atoms with Crippen molar-refractivity contribution in [3.63, 3.8) is 0 Å². The molecule has 7 nitrogen and oxygen atoms in total. The van der Waals surface area contributed by atoms with E-state index in [0.29, 0.717) is 6.42 Å². The maximum absolute atomic E-state index is 11.3. The van der Waals surface area contributed by atoms with Crippen LogP contribution in [0.4, 0.5) is 0 Å². The molecule has 0 radical (unpaired) electrons. The highest BCUT2D eigenvalue weighted by Crippen LogP contribution is 2.25. The van der Waals surface area contributed by atoms with Gasteiger partial charge in [0.15, 0.2) is 5.16 Å². The van der Waals surface area contributed by atoms with Crippen LogP contribution in [0, 0.1) is 0 Å². The lowest BCUT2D eigenvalue weighted by Crippen LogP contribution is -2.39. The smallest absolute Gasteiger partial charge is 0.263 e. The third kappa shape index (κ3) is 2.96. The fourth-order valence-electron chi connectivity index (χ4n) is 1.70. The second kappa shape index (κ2) is 5.48. The van der Waals surface area contributed by atoms with E-state index in [0.717, 1.165) is 17.3 Å². The summed E-state index contributed by atoms with van der Waals surface area (Å²) in [4.78, 5) is 15.4. The van der Waals surface area contributed by atoms with Gasteiger partial charge in [0.25, 0.3) is 5.91 Å². The van der Waals surface area contributed by atoms with Gasteiger partial charge in [0.2, 0.25) is 0 Å². The molecule has 1 aliphatic rings. The van der Waals surface area contributed by atoms with E-state index >= 15 is 0 Å². The summed E-state index contributed by atoms with van der Waals surface area (Å²) in [7, 11) is 1.84. The van der Waals surface area contributed by atoms with Gasteiger partial charge in [-0.2, -0.15) is 5.10 Å². The lowest BCUT2D eigenvalue weighted by molar-refractivity contribution is -0.131. The van der Waals surface area contributed by atoms with E-state index in [4.69, 9.17) is 10.6 Å². The Labute approximate surface area is 103 Å². The van der Waals surface area contributed by atoms with Crippen molar-refractivity contribution in [3.8, 4) is 0 Å². The first-order chi connectivity index (χ1) is 8.20. The first-order valence-electron chi connectivity index (χ1n) is 5.33. The SMILES string of the molecule is Cn1ncnc1SCC1CCC(C(=O)NN)O1. The van der Waals surface area contributed by atoms with Crippen LogP contribution in [-0.2, 0) is 16.6 Å². The Bertz CT molecular complexity index is 396. The zero-order valence-electron chi connectivity index (χ0n) is 9.50. The van der Waals surface area contributed by atoms with Crippen LogP contribution < -0.4 is 11.3 Å². The van der Waals surface area contributed by atoms with Crippen LogP contribution in [-0.4, -0.2) is 38.6 Å². The molecule has 1 saturated heterocycles. The molecular weight excluding hydrogens is 242 g/mol. The molecule has 1 amide bonds. The Hall–Kier alpha value is -1.12. The molecule has 1 aromatic rings. The minimum Gasteiger partial charge on any atom is -0.364 e. The molecule has 0 bridgehead atoms. The number of amides is 1. The van der Waals surface area contributed by atoms with Crippen LogP contribution >= 0.6 is 11.8 Å². The molecular formula is C9H15N5O2S. The molecule has 3 N–H and O–H groups in total.